The molecule has 0 atom stereocenters. The maximum Gasteiger partial charge on any atom is 0.322 e. The van der Waals surface area contributed by atoms with E-state index in [1.54, 1.807) is 7.05 Å². The number of carbonyl (C=O) groups excluding carboxylic acids is 1. The minimum Gasteiger partial charge on any atom is -0.505 e. The Labute approximate surface area is 130 Å². The first-order chi connectivity index (χ1) is 10.9. The van der Waals surface area contributed by atoms with Crippen LogP contribution in [0, 0.1) is 12.3 Å². The van der Waals surface area contributed by atoms with Crippen LogP contribution in [-0.2, 0) is 11.8 Å². The molecule has 0 saturated heterocycles. The topological polar surface area (TPSA) is 123 Å². The number of pyridine rings is 1. The second-order valence-corrected chi connectivity index (χ2v) is 4.73. The number of carboxylic acid groups (broad SMARTS) is 1. The Bertz CT molecular complexity index is 820. The van der Waals surface area contributed by atoms with Crippen molar-refractivity contribution >= 4 is 22.9 Å². The molecule has 9 nitrogen and oxygen atoms in total. The van der Waals surface area contributed by atoms with Crippen molar-refractivity contribution in [2.75, 3.05) is 13.2 Å². The molecule has 0 aliphatic carbocycles. The zero-order chi connectivity index (χ0) is 17.1. The lowest BCUT2D eigenvalue weighted by Crippen LogP contribution is -2.37. The van der Waals surface area contributed by atoms with Gasteiger partial charge in [-0.05, 0) is 12.5 Å². The summed E-state index contributed by atoms with van der Waals surface area (Å²) in [5.41, 5.74) is -1.24. The molecule has 3 N–H and O–H groups in total. The normalized spacial score (nSPS) is 10.3. The molecule has 2 rings (SSSR count). The number of aromatic nitrogens is 2. The second kappa shape index (κ2) is 6.31. The highest BCUT2D eigenvalue weighted by Gasteiger charge is 2.25. The highest BCUT2D eigenvalue weighted by Crippen LogP contribution is 2.24. The molecule has 0 fully saturated rings. The van der Waals surface area contributed by atoms with Gasteiger partial charge in [-0.15, -0.1) is 4.73 Å². The Hall–Kier alpha value is -3.15. The standard InChI is InChI=1S/C14H15N3O6/c1-3-6-23-17-8-4-5-16(2)11(8)12(20)10(14(17)22)13(21)15-7-9(18)19/h20H,3,6-7H2,1-2H3,(H,15,21)(H,18,19). The Morgan fingerprint density at radius 2 is 2.09 bits per heavy atom. The first-order valence-corrected chi connectivity index (χ1v) is 6.79. The van der Waals surface area contributed by atoms with E-state index in [0.29, 0.717) is 6.42 Å². The number of carbonyl (C=O) groups is 2. The van der Waals surface area contributed by atoms with E-state index in [-0.39, 0.29) is 17.6 Å². The van der Waals surface area contributed by atoms with Crippen molar-refractivity contribution in [3.63, 3.8) is 0 Å². The van der Waals surface area contributed by atoms with Crippen LogP contribution in [0.5, 0.6) is 5.75 Å². The number of amides is 1. The number of nitrogens with zero attached hydrogens (tertiary/aromatic N) is 2. The van der Waals surface area contributed by atoms with Crippen LogP contribution in [0.25, 0.3) is 11.0 Å². The van der Waals surface area contributed by atoms with E-state index in [9.17, 15) is 19.5 Å². The Balaban J connectivity index is 2.63. The van der Waals surface area contributed by atoms with Crippen LogP contribution in [0.2, 0.25) is 0 Å². The van der Waals surface area contributed by atoms with Gasteiger partial charge < -0.3 is 20.4 Å². The molecule has 0 unspecified atom stereocenters. The molecular weight excluding hydrogens is 306 g/mol. The summed E-state index contributed by atoms with van der Waals surface area (Å²) in [7, 11) is 1.55. The second-order valence-electron chi connectivity index (χ2n) is 4.73. The van der Waals surface area contributed by atoms with E-state index in [4.69, 9.17) is 9.94 Å². The summed E-state index contributed by atoms with van der Waals surface area (Å²) in [6.07, 6.45) is 3.26. The molecule has 0 spiro atoms. The fourth-order valence-electron chi connectivity index (χ4n) is 2.01. The highest BCUT2D eigenvalue weighted by molar-refractivity contribution is 6.02. The lowest BCUT2D eigenvalue weighted by atomic mass is 10.2. The van der Waals surface area contributed by atoms with E-state index in [2.05, 4.69) is 12.3 Å². The SMILES string of the molecule is CCCOn1c(=O)c(C(=O)NCC(=O)O)c(O)c2c1c#cn2C. The lowest BCUT2D eigenvalue weighted by molar-refractivity contribution is -0.135. The first kappa shape index (κ1) is 16.2. The van der Waals surface area contributed by atoms with Gasteiger partial charge in [0.25, 0.3) is 5.91 Å². The van der Waals surface area contributed by atoms with Crippen molar-refractivity contribution in [1.82, 2.24) is 14.6 Å². The third-order valence-corrected chi connectivity index (χ3v) is 3.02. The number of hydrogen-bond donors (Lipinski definition) is 3. The van der Waals surface area contributed by atoms with E-state index in [1.165, 1.54) is 4.57 Å². The third-order valence-electron chi connectivity index (χ3n) is 3.02. The number of hydrogen-bond acceptors (Lipinski definition) is 5. The molecule has 2 heterocycles. The fourth-order valence-corrected chi connectivity index (χ4v) is 2.01. The zero-order valence-electron chi connectivity index (χ0n) is 12.5. The molecule has 2 aromatic rings. The summed E-state index contributed by atoms with van der Waals surface area (Å²) in [6, 6.07) is 2.65. The number of carboxylic acids is 1. The first-order valence-electron chi connectivity index (χ1n) is 6.79. The highest BCUT2D eigenvalue weighted by atomic mass is 16.7. The lowest BCUT2D eigenvalue weighted by Gasteiger charge is -2.13. The van der Waals surface area contributed by atoms with Crippen molar-refractivity contribution in [2.45, 2.75) is 13.3 Å². The van der Waals surface area contributed by atoms with Gasteiger partial charge in [0.05, 0.1) is 0 Å². The molecule has 1 amide bonds. The number of fused-ring (bicyclic) bond motifs is 1. The van der Waals surface area contributed by atoms with Crippen molar-refractivity contribution < 1.29 is 24.6 Å². The van der Waals surface area contributed by atoms with E-state index < -0.39 is 35.3 Å². The van der Waals surface area contributed by atoms with Gasteiger partial charge in [-0.2, -0.15) is 0 Å². The molecule has 122 valence electrons. The average Bonchev–Trinajstić information content (AvgIpc) is 2.87. The van der Waals surface area contributed by atoms with Crippen LogP contribution < -0.4 is 15.7 Å². The number of rotatable bonds is 6. The predicted molar refractivity (Wildman–Crippen MR) is 78.2 cm³/mol. The Morgan fingerprint density at radius 3 is 2.70 bits per heavy atom. The maximum absolute atomic E-state index is 12.4. The number of aryl methyl sites for hydroxylation is 1. The third kappa shape index (κ3) is 2.91. The van der Waals surface area contributed by atoms with Gasteiger partial charge in [0.15, 0.2) is 16.8 Å². The predicted octanol–water partition coefficient (Wildman–Crippen LogP) is -0.701. The van der Waals surface area contributed by atoms with Crippen molar-refractivity contribution in [3.05, 3.63) is 28.2 Å². The van der Waals surface area contributed by atoms with Crippen molar-refractivity contribution in [3.8, 4) is 5.75 Å². The van der Waals surface area contributed by atoms with Gasteiger partial charge in [-0.25, -0.2) is 0 Å². The van der Waals surface area contributed by atoms with Crippen LogP contribution in [0.4, 0.5) is 0 Å². The molecule has 0 aromatic carbocycles. The zero-order valence-corrected chi connectivity index (χ0v) is 12.5. The van der Waals surface area contributed by atoms with Gasteiger partial charge in [-0.3, -0.25) is 19.0 Å². The smallest absolute Gasteiger partial charge is 0.322 e. The molecule has 0 radical (unpaired) electrons. The summed E-state index contributed by atoms with van der Waals surface area (Å²) in [5, 5.41) is 20.9. The number of aromatic hydroxyl groups is 1. The van der Waals surface area contributed by atoms with Gasteiger partial charge in [0.2, 0.25) is 0 Å². The van der Waals surface area contributed by atoms with Crippen molar-refractivity contribution in [1.29, 1.82) is 0 Å². The van der Waals surface area contributed by atoms with Crippen LogP contribution in [-0.4, -0.2) is 44.5 Å². The summed E-state index contributed by atoms with van der Waals surface area (Å²) in [5.74, 6) is -2.86. The molecule has 0 aliphatic rings. The number of nitrogens with one attached hydrogen (secondary N) is 1. The molecule has 23 heavy (non-hydrogen) atoms. The summed E-state index contributed by atoms with van der Waals surface area (Å²) >= 11 is 0. The average molecular weight is 321 g/mol. The van der Waals surface area contributed by atoms with Gasteiger partial charge >= 0.3 is 11.5 Å². The fraction of sp³-hybridized carbons (Fsp3) is 0.357. The summed E-state index contributed by atoms with van der Waals surface area (Å²) in [4.78, 5) is 40.3. The molecule has 0 bridgehead atoms. The van der Waals surface area contributed by atoms with Gasteiger partial charge in [0.1, 0.15) is 18.7 Å². The van der Waals surface area contributed by atoms with Crippen LogP contribution in [0.15, 0.2) is 4.79 Å². The molecule has 2 aromatic heterocycles. The van der Waals surface area contributed by atoms with E-state index >= 15 is 0 Å². The van der Waals surface area contributed by atoms with E-state index in [1.807, 2.05) is 12.2 Å². The molecule has 9 heteroatoms. The molecule has 0 saturated carbocycles. The summed E-state index contributed by atoms with van der Waals surface area (Å²) in [6.45, 7) is 1.36. The monoisotopic (exact) mass is 321 g/mol. The Morgan fingerprint density at radius 1 is 1.39 bits per heavy atom. The van der Waals surface area contributed by atoms with Gasteiger partial charge in [0, 0.05) is 13.2 Å². The Kier molecular flexibility index (Phi) is 4.45. The largest absolute Gasteiger partial charge is 0.505 e. The molecule has 0 aliphatic heterocycles. The minimum absolute atomic E-state index is 0.126. The van der Waals surface area contributed by atoms with Crippen molar-refractivity contribution in [2.24, 2.45) is 7.05 Å². The van der Waals surface area contributed by atoms with Gasteiger partial charge in [-0.1, -0.05) is 6.92 Å². The van der Waals surface area contributed by atoms with Crippen LogP contribution in [0.3, 0.4) is 0 Å². The summed E-state index contributed by atoms with van der Waals surface area (Å²) < 4.78 is 2.20. The maximum atomic E-state index is 12.4. The quantitative estimate of drug-likeness (QED) is 0.646. The van der Waals surface area contributed by atoms with Crippen LogP contribution in [0.1, 0.15) is 23.7 Å². The van der Waals surface area contributed by atoms with E-state index in [0.717, 1.165) is 4.73 Å². The minimum atomic E-state index is -1.28. The molecular formula is C14H15N3O6. The number of aliphatic carboxylic acids is 1. The van der Waals surface area contributed by atoms with Crippen LogP contribution >= 0.6 is 0 Å².